The van der Waals surface area contributed by atoms with Crippen molar-refractivity contribution in [2.75, 3.05) is 20.3 Å². The minimum absolute atomic E-state index is 0.0927. The quantitative estimate of drug-likeness (QED) is 0.632. The third kappa shape index (κ3) is 3.92. The Morgan fingerprint density at radius 2 is 2.07 bits per heavy atom. The Morgan fingerprint density at radius 3 is 2.74 bits per heavy atom. The van der Waals surface area contributed by atoms with Crippen LogP contribution in [0.1, 0.15) is 44.4 Å². The van der Waals surface area contributed by atoms with Crippen LogP contribution in [0.4, 0.5) is 0 Å². The fraction of sp³-hybridized carbons (Fsp3) is 0.500. The lowest BCUT2D eigenvalue weighted by Crippen LogP contribution is -2.27. The molecule has 0 radical (unpaired) electrons. The molecular formula is C22H28ClNO3. The third-order valence-electron chi connectivity index (χ3n) is 5.30. The standard InChI is InChI=1S/C22H28ClNO3/c1-5-16-20(25)7-8-24-19(14(2)3)11-15-12-21(27-10-6-9-26-4)18(23)13-17(15)22(16)24/h7-8,12-14,19H,5-6,9-11H2,1-4H3/t19-/m1/s1. The molecule has 1 aromatic carbocycles. The molecule has 27 heavy (non-hydrogen) atoms. The van der Waals surface area contributed by atoms with Gasteiger partial charge in [-0.1, -0.05) is 32.4 Å². The number of methoxy groups -OCH3 is 1. The highest BCUT2D eigenvalue weighted by atomic mass is 35.5. The molecule has 2 aromatic rings. The normalized spacial score (nSPS) is 15.6. The molecule has 5 heteroatoms. The van der Waals surface area contributed by atoms with Crippen molar-refractivity contribution in [1.29, 1.82) is 0 Å². The van der Waals surface area contributed by atoms with Crippen LogP contribution in [0.2, 0.25) is 5.02 Å². The second kappa shape index (κ2) is 8.49. The number of hydrogen-bond acceptors (Lipinski definition) is 3. The van der Waals surface area contributed by atoms with Gasteiger partial charge in [0, 0.05) is 49.6 Å². The van der Waals surface area contributed by atoms with Gasteiger partial charge in [0.05, 0.1) is 17.3 Å². The van der Waals surface area contributed by atoms with Crippen LogP contribution in [0.25, 0.3) is 11.3 Å². The summed E-state index contributed by atoms with van der Waals surface area (Å²) in [5.41, 5.74) is 4.21. The highest BCUT2D eigenvalue weighted by Gasteiger charge is 2.29. The molecule has 1 aliphatic heterocycles. The van der Waals surface area contributed by atoms with Gasteiger partial charge in [-0.05, 0) is 36.5 Å². The van der Waals surface area contributed by atoms with E-state index < -0.39 is 0 Å². The Morgan fingerprint density at radius 1 is 1.30 bits per heavy atom. The number of pyridine rings is 1. The number of halogens is 1. The van der Waals surface area contributed by atoms with Gasteiger partial charge in [-0.15, -0.1) is 0 Å². The van der Waals surface area contributed by atoms with Crippen molar-refractivity contribution in [3.8, 4) is 17.0 Å². The van der Waals surface area contributed by atoms with E-state index >= 15 is 0 Å². The molecule has 0 unspecified atom stereocenters. The van der Waals surface area contributed by atoms with Crippen molar-refractivity contribution in [3.05, 3.63) is 50.8 Å². The maximum atomic E-state index is 12.5. The summed E-state index contributed by atoms with van der Waals surface area (Å²) in [4.78, 5) is 12.5. The summed E-state index contributed by atoms with van der Waals surface area (Å²) in [7, 11) is 1.68. The fourth-order valence-electron chi connectivity index (χ4n) is 3.88. The van der Waals surface area contributed by atoms with Gasteiger partial charge in [0.1, 0.15) is 5.75 Å². The molecule has 0 N–H and O–H groups in total. The van der Waals surface area contributed by atoms with Crippen LogP contribution in [-0.2, 0) is 17.6 Å². The SMILES string of the molecule is CCc1c2n(ccc1=O)[C@@H](C(C)C)Cc1cc(OCCCOC)c(Cl)cc1-2. The number of benzene rings is 1. The van der Waals surface area contributed by atoms with E-state index in [1.54, 1.807) is 13.2 Å². The van der Waals surface area contributed by atoms with E-state index in [4.69, 9.17) is 21.1 Å². The maximum absolute atomic E-state index is 12.5. The van der Waals surface area contributed by atoms with Gasteiger partial charge in [0.25, 0.3) is 0 Å². The second-order valence-electron chi connectivity index (χ2n) is 7.42. The number of rotatable bonds is 7. The molecule has 0 saturated heterocycles. The van der Waals surface area contributed by atoms with Crippen LogP contribution in [-0.4, -0.2) is 24.9 Å². The number of aromatic nitrogens is 1. The third-order valence-corrected chi connectivity index (χ3v) is 5.60. The molecule has 0 aliphatic carbocycles. The van der Waals surface area contributed by atoms with Gasteiger partial charge in [-0.3, -0.25) is 4.79 Å². The summed E-state index contributed by atoms with van der Waals surface area (Å²) in [6, 6.07) is 6.02. The van der Waals surface area contributed by atoms with Crippen molar-refractivity contribution in [3.63, 3.8) is 0 Å². The first-order valence-corrected chi connectivity index (χ1v) is 10.0. The molecule has 0 amide bonds. The van der Waals surface area contributed by atoms with Crippen molar-refractivity contribution in [2.45, 2.75) is 46.1 Å². The summed E-state index contributed by atoms with van der Waals surface area (Å²) >= 11 is 6.53. The molecule has 0 bridgehead atoms. The first-order chi connectivity index (χ1) is 13.0. The van der Waals surface area contributed by atoms with Crippen molar-refractivity contribution in [2.24, 2.45) is 5.92 Å². The zero-order valence-electron chi connectivity index (χ0n) is 16.5. The van der Waals surface area contributed by atoms with E-state index in [-0.39, 0.29) is 5.43 Å². The number of nitrogens with zero attached hydrogens (tertiary/aromatic N) is 1. The van der Waals surface area contributed by atoms with Crippen LogP contribution in [0, 0.1) is 5.92 Å². The second-order valence-corrected chi connectivity index (χ2v) is 7.83. The molecule has 1 aromatic heterocycles. The molecule has 4 nitrogen and oxygen atoms in total. The van der Waals surface area contributed by atoms with Gasteiger partial charge in [0.15, 0.2) is 5.43 Å². The minimum Gasteiger partial charge on any atom is -0.492 e. The van der Waals surface area contributed by atoms with E-state index in [1.807, 2.05) is 19.2 Å². The van der Waals surface area contributed by atoms with Crippen LogP contribution >= 0.6 is 11.6 Å². The summed E-state index contributed by atoms with van der Waals surface area (Å²) in [5, 5.41) is 0.582. The van der Waals surface area contributed by atoms with Crippen molar-refractivity contribution < 1.29 is 9.47 Å². The number of ether oxygens (including phenoxy) is 2. The maximum Gasteiger partial charge on any atom is 0.185 e. The Labute approximate surface area is 166 Å². The molecule has 3 rings (SSSR count). The lowest BCUT2D eigenvalue weighted by Gasteiger charge is -2.34. The van der Waals surface area contributed by atoms with Crippen LogP contribution in [0.3, 0.4) is 0 Å². The molecule has 0 spiro atoms. The van der Waals surface area contributed by atoms with Crippen molar-refractivity contribution in [1.82, 2.24) is 4.57 Å². The molecular weight excluding hydrogens is 362 g/mol. The molecule has 1 atom stereocenters. The highest BCUT2D eigenvalue weighted by Crippen LogP contribution is 2.42. The highest BCUT2D eigenvalue weighted by molar-refractivity contribution is 6.32. The summed E-state index contributed by atoms with van der Waals surface area (Å²) in [6.45, 7) is 7.71. The van der Waals surface area contributed by atoms with Crippen molar-refractivity contribution >= 4 is 11.6 Å². The topological polar surface area (TPSA) is 40.5 Å². The van der Waals surface area contributed by atoms with E-state index in [0.717, 1.165) is 29.7 Å². The Bertz CT molecular complexity index is 873. The fourth-order valence-corrected chi connectivity index (χ4v) is 4.09. The summed E-state index contributed by atoms with van der Waals surface area (Å²) in [6.07, 6.45) is 4.36. The molecule has 2 heterocycles. The number of hydrogen-bond donors (Lipinski definition) is 0. The largest absolute Gasteiger partial charge is 0.492 e. The smallest absolute Gasteiger partial charge is 0.185 e. The van der Waals surface area contributed by atoms with Crippen LogP contribution in [0.5, 0.6) is 5.75 Å². The molecule has 146 valence electrons. The zero-order chi connectivity index (χ0) is 19.6. The van der Waals surface area contributed by atoms with Crippen LogP contribution in [0.15, 0.2) is 29.2 Å². The van der Waals surface area contributed by atoms with Gasteiger partial charge >= 0.3 is 0 Å². The minimum atomic E-state index is 0.0927. The average molecular weight is 390 g/mol. The van der Waals surface area contributed by atoms with E-state index in [1.165, 1.54) is 5.56 Å². The Balaban J connectivity index is 2.09. The lowest BCUT2D eigenvalue weighted by molar-refractivity contribution is 0.172. The van der Waals surface area contributed by atoms with E-state index in [2.05, 4.69) is 24.5 Å². The Hall–Kier alpha value is -1.78. The molecule has 0 saturated carbocycles. The average Bonchev–Trinajstić information content (AvgIpc) is 2.64. The predicted molar refractivity (Wildman–Crippen MR) is 110 cm³/mol. The van der Waals surface area contributed by atoms with Gasteiger partial charge in [-0.25, -0.2) is 0 Å². The van der Waals surface area contributed by atoms with Gasteiger partial charge < -0.3 is 14.0 Å². The van der Waals surface area contributed by atoms with Crippen LogP contribution < -0.4 is 10.2 Å². The lowest BCUT2D eigenvalue weighted by atomic mass is 9.85. The van der Waals surface area contributed by atoms with Gasteiger partial charge in [0.2, 0.25) is 0 Å². The first kappa shape index (κ1) is 20.0. The van der Waals surface area contributed by atoms with E-state index in [0.29, 0.717) is 42.4 Å². The monoisotopic (exact) mass is 389 g/mol. The first-order valence-electron chi connectivity index (χ1n) is 9.66. The summed E-state index contributed by atoms with van der Waals surface area (Å²) < 4.78 is 13.2. The zero-order valence-corrected chi connectivity index (χ0v) is 17.3. The Kier molecular flexibility index (Phi) is 6.28. The predicted octanol–water partition coefficient (Wildman–Crippen LogP) is 4.90. The number of fused-ring (bicyclic) bond motifs is 3. The van der Waals surface area contributed by atoms with Gasteiger partial charge in [-0.2, -0.15) is 0 Å². The molecule has 1 aliphatic rings. The summed E-state index contributed by atoms with van der Waals surface area (Å²) in [5.74, 6) is 1.16. The van der Waals surface area contributed by atoms with E-state index in [9.17, 15) is 4.79 Å². The molecule has 0 fully saturated rings.